The van der Waals surface area contributed by atoms with Crippen molar-refractivity contribution < 1.29 is 9.26 Å². The molecule has 0 aliphatic carbocycles. The van der Waals surface area contributed by atoms with E-state index in [1.54, 1.807) is 0 Å². The van der Waals surface area contributed by atoms with Gasteiger partial charge in [0.2, 0.25) is 0 Å². The van der Waals surface area contributed by atoms with Gasteiger partial charge in [-0.3, -0.25) is 0 Å². The summed E-state index contributed by atoms with van der Waals surface area (Å²) < 4.78 is 11.7. The molecular formula is C12H10BrNO2. The summed E-state index contributed by atoms with van der Waals surface area (Å²) in [5.74, 6) is 0.826. The Balaban J connectivity index is 2.08. The summed E-state index contributed by atoms with van der Waals surface area (Å²) in [5.41, 5.74) is 3.04. The summed E-state index contributed by atoms with van der Waals surface area (Å²) in [4.78, 5) is 0. The summed E-state index contributed by atoms with van der Waals surface area (Å²) in [6.07, 6.45) is 0.171. The topological polar surface area (TPSA) is 38.6 Å². The number of nitrogens with zero attached hydrogens (tertiary/aromatic N) is 1. The van der Waals surface area contributed by atoms with Crippen LogP contribution in [-0.4, -0.2) is 11.8 Å². The molecule has 1 aliphatic heterocycles. The van der Waals surface area contributed by atoms with Crippen molar-refractivity contribution in [2.45, 2.75) is 13.0 Å². The molecule has 4 heteroatoms. The first-order valence-corrected chi connectivity index (χ1v) is 5.88. The van der Waals surface area contributed by atoms with Gasteiger partial charge in [-0.2, -0.15) is 0 Å². The SMILES string of the molecule is Cc1noc(-c2ccc(Br)cc2)c1C1CO1. The normalized spacial score (nSPS) is 18.8. The summed E-state index contributed by atoms with van der Waals surface area (Å²) in [5, 5.41) is 4.01. The van der Waals surface area contributed by atoms with E-state index in [1.807, 2.05) is 31.2 Å². The van der Waals surface area contributed by atoms with Crippen LogP contribution in [0.2, 0.25) is 0 Å². The van der Waals surface area contributed by atoms with Gasteiger partial charge in [-0.05, 0) is 19.1 Å². The maximum Gasteiger partial charge on any atom is 0.173 e. The van der Waals surface area contributed by atoms with E-state index in [0.717, 1.165) is 33.7 Å². The van der Waals surface area contributed by atoms with Crippen LogP contribution in [0.5, 0.6) is 0 Å². The molecule has 82 valence electrons. The second kappa shape index (κ2) is 3.71. The van der Waals surface area contributed by atoms with Crippen molar-refractivity contribution in [1.82, 2.24) is 5.16 Å². The Hall–Kier alpha value is -1.13. The molecule has 0 spiro atoms. The van der Waals surface area contributed by atoms with Gasteiger partial charge in [-0.1, -0.05) is 33.2 Å². The predicted octanol–water partition coefficient (Wildman–Crippen LogP) is 3.48. The molecule has 1 fully saturated rings. The zero-order valence-electron chi connectivity index (χ0n) is 8.74. The monoisotopic (exact) mass is 279 g/mol. The number of benzene rings is 1. The summed E-state index contributed by atoms with van der Waals surface area (Å²) in [6, 6.07) is 8.00. The van der Waals surface area contributed by atoms with Crippen molar-refractivity contribution >= 4 is 15.9 Å². The van der Waals surface area contributed by atoms with E-state index in [0.29, 0.717) is 0 Å². The highest BCUT2D eigenvalue weighted by molar-refractivity contribution is 9.10. The van der Waals surface area contributed by atoms with Gasteiger partial charge in [0, 0.05) is 10.0 Å². The van der Waals surface area contributed by atoms with E-state index >= 15 is 0 Å². The molecule has 3 rings (SSSR count). The molecule has 3 nitrogen and oxygen atoms in total. The second-order valence-electron chi connectivity index (χ2n) is 3.84. The molecule has 1 aromatic heterocycles. The maximum atomic E-state index is 5.38. The highest BCUT2D eigenvalue weighted by Gasteiger charge is 2.32. The molecular weight excluding hydrogens is 270 g/mol. The Morgan fingerprint density at radius 3 is 2.62 bits per heavy atom. The Morgan fingerprint density at radius 1 is 1.31 bits per heavy atom. The van der Waals surface area contributed by atoms with Crippen LogP contribution in [0.25, 0.3) is 11.3 Å². The Labute approximate surface area is 102 Å². The highest BCUT2D eigenvalue weighted by atomic mass is 79.9. The Morgan fingerprint density at radius 2 is 2.00 bits per heavy atom. The van der Waals surface area contributed by atoms with Crippen LogP contribution < -0.4 is 0 Å². The van der Waals surface area contributed by atoms with E-state index in [9.17, 15) is 0 Å². The largest absolute Gasteiger partial charge is 0.368 e. The molecule has 1 aliphatic rings. The van der Waals surface area contributed by atoms with Crippen LogP contribution in [0.3, 0.4) is 0 Å². The molecule has 0 saturated carbocycles. The van der Waals surface area contributed by atoms with Gasteiger partial charge in [0.25, 0.3) is 0 Å². The minimum absolute atomic E-state index is 0.171. The fourth-order valence-electron chi connectivity index (χ4n) is 1.78. The van der Waals surface area contributed by atoms with Crippen molar-refractivity contribution in [3.05, 3.63) is 40.0 Å². The van der Waals surface area contributed by atoms with Crippen LogP contribution >= 0.6 is 15.9 Å². The molecule has 16 heavy (non-hydrogen) atoms. The van der Waals surface area contributed by atoms with Crippen molar-refractivity contribution in [1.29, 1.82) is 0 Å². The molecule has 2 heterocycles. The minimum Gasteiger partial charge on any atom is -0.368 e. The number of hydrogen-bond donors (Lipinski definition) is 0. The summed E-state index contributed by atoms with van der Waals surface area (Å²) >= 11 is 3.41. The quantitative estimate of drug-likeness (QED) is 0.790. The van der Waals surface area contributed by atoms with Gasteiger partial charge in [-0.15, -0.1) is 0 Å². The van der Waals surface area contributed by atoms with Crippen LogP contribution in [-0.2, 0) is 4.74 Å². The standard InChI is InChI=1S/C12H10BrNO2/c1-7-11(10-6-15-10)12(16-14-7)8-2-4-9(13)5-3-8/h2-5,10H,6H2,1H3. The third kappa shape index (κ3) is 1.68. The molecule has 0 bridgehead atoms. The van der Waals surface area contributed by atoms with Gasteiger partial charge in [0.15, 0.2) is 5.76 Å². The molecule has 0 radical (unpaired) electrons. The second-order valence-corrected chi connectivity index (χ2v) is 4.76. The number of hydrogen-bond acceptors (Lipinski definition) is 3. The van der Waals surface area contributed by atoms with E-state index < -0.39 is 0 Å². The van der Waals surface area contributed by atoms with Crippen LogP contribution in [0.1, 0.15) is 17.4 Å². The summed E-state index contributed by atoms with van der Waals surface area (Å²) in [6.45, 7) is 2.72. The van der Waals surface area contributed by atoms with Gasteiger partial charge >= 0.3 is 0 Å². The fourth-order valence-corrected chi connectivity index (χ4v) is 2.04. The maximum absolute atomic E-state index is 5.38. The first kappa shape index (κ1) is 10.1. The summed E-state index contributed by atoms with van der Waals surface area (Å²) in [7, 11) is 0. The third-order valence-electron chi connectivity index (χ3n) is 2.67. The number of aryl methyl sites for hydroxylation is 1. The zero-order chi connectivity index (χ0) is 11.1. The molecule has 1 unspecified atom stereocenters. The van der Waals surface area contributed by atoms with Crippen molar-refractivity contribution in [3.63, 3.8) is 0 Å². The van der Waals surface area contributed by atoms with Crippen molar-refractivity contribution in [2.24, 2.45) is 0 Å². The van der Waals surface area contributed by atoms with Gasteiger partial charge in [-0.25, -0.2) is 0 Å². The van der Waals surface area contributed by atoms with Crippen molar-refractivity contribution in [3.8, 4) is 11.3 Å². The number of ether oxygens (including phenoxy) is 1. The molecule has 1 atom stereocenters. The number of aromatic nitrogens is 1. The number of halogens is 1. The zero-order valence-corrected chi connectivity index (χ0v) is 10.3. The number of rotatable bonds is 2. The lowest BCUT2D eigenvalue weighted by Gasteiger charge is -1.99. The average Bonchev–Trinajstić information content (AvgIpc) is 3.04. The predicted molar refractivity (Wildman–Crippen MR) is 63.1 cm³/mol. The molecule has 1 saturated heterocycles. The van der Waals surface area contributed by atoms with Crippen LogP contribution in [0, 0.1) is 6.92 Å². The third-order valence-corrected chi connectivity index (χ3v) is 3.20. The first-order chi connectivity index (χ1) is 7.75. The smallest absolute Gasteiger partial charge is 0.173 e. The van der Waals surface area contributed by atoms with E-state index in [4.69, 9.17) is 9.26 Å². The van der Waals surface area contributed by atoms with E-state index in [2.05, 4.69) is 21.1 Å². The average molecular weight is 280 g/mol. The lowest BCUT2D eigenvalue weighted by atomic mass is 10.1. The highest BCUT2D eigenvalue weighted by Crippen LogP contribution is 2.39. The molecule has 2 aromatic rings. The van der Waals surface area contributed by atoms with Gasteiger partial charge < -0.3 is 9.26 Å². The van der Waals surface area contributed by atoms with Gasteiger partial charge in [0.05, 0.1) is 17.9 Å². The van der Waals surface area contributed by atoms with Crippen LogP contribution in [0.4, 0.5) is 0 Å². The van der Waals surface area contributed by atoms with E-state index in [-0.39, 0.29) is 6.10 Å². The Bertz CT molecular complexity index is 514. The first-order valence-electron chi connectivity index (χ1n) is 5.09. The lowest BCUT2D eigenvalue weighted by molar-refractivity contribution is 0.410. The van der Waals surface area contributed by atoms with Crippen LogP contribution in [0.15, 0.2) is 33.3 Å². The lowest BCUT2D eigenvalue weighted by Crippen LogP contribution is -1.85. The van der Waals surface area contributed by atoms with Gasteiger partial charge in [0.1, 0.15) is 6.10 Å². The van der Waals surface area contributed by atoms with E-state index in [1.165, 1.54) is 0 Å². The van der Waals surface area contributed by atoms with Crippen molar-refractivity contribution in [2.75, 3.05) is 6.61 Å². The Kier molecular flexibility index (Phi) is 2.33. The minimum atomic E-state index is 0.171. The number of epoxide rings is 1. The molecule has 0 amide bonds. The molecule has 0 N–H and O–H groups in total. The molecule has 1 aromatic carbocycles. The fraction of sp³-hybridized carbons (Fsp3) is 0.250.